The normalized spacial score (nSPS) is 39.9. The third kappa shape index (κ3) is 1.84. The van der Waals surface area contributed by atoms with Crippen LogP contribution in [-0.4, -0.2) is 29.3 Å². The molecule has 1 N–H and O–H groups in total. The van der Waals surface area contributed by atoms with Crippen LogP contribution in [0, 0.1) is 18.3 Å². The molecule has 0 aromatic rings. The Kier molecular flexibility index (Phi) is 2.39. The molecule has 0 amide bonds. The van der Waals surface area contributed by atoms with E-state index in [1.54, 1.807) is 7.05 Å². The minimum atomic E-state index is -3.06. The van der Waals surface area contributed by atoms with E-state index >= 15 is 0 Å². The van der Waals surface area contributed by atoms with E-state index in [1.165, 1.54) is 4.67 Å². The average Bonchev–Trinajstić information content (AvgIpc) is 1.95. The van der Waals surface area contributed by atoms with Gasteiger partial charge in [-0.3, -0.25) is 4.57 Å². The lowest BCUT2D eigenvalue weighted by Gasteiger charge is -2.30. The number of hydrogen-bond donors (Lipinski definition) is 1. The molecule has 0 radical (unpaired) electrons. The molecule has 0 aromatic carbocycles. The van der Waals surface area contributed by atoms with Crippen molar-refractivity contribution in [1.29, 1.82) is 0 Å². The molecule has 1 aliphatic heterocycles. The third-order valence-corrected chi connectivity index (χ3v) is 4.21. The molecule has 0 aromatic heterocycles. The van der Waals surface area contributed by atoms with Crippen LogP contribution in [0.3, 0.4) is 0 Å². The first-order valence-electron chi connectivity index (χ1n) is 3.56. The van der Waals surface area contributed by atoms with Gasteiger partial charge in [0.1, 0.15) is 0 Å². The zero-order valence-corrected chi connectivity index (χ0v) is 7.42. The van der Waals surface area contributed by atoms with Crippen molar-refractivity contribution in [2.75, 3.05) is 19.8 Å². The van der Waals surface area contributed by atoms with Crippen molar-refractivity contribution in [3.63, 3.8) is 0 Å². The molecule has 0 spiro atoms. The molecule has 2 atom stereocenters. The van der Waals surface area contributed by atoms with Gasteiger partial charge in [0.15, 0.2) is 0 Å². The molecular weight excluding hydrogens is 161 g/mol. The van der Waals surface area contributed by atoms with Crippen molar-refractivity contribution >= 4 is 7.52 Å². The molecule has 1 fully saturated rings. The van der Waals surface area contributed by atoms with Crippen LogP contribution in [-0.2, 0) is 4.57 Å². The first-order valence-corrected chi connectivity index (χ1v) is 5.35. The third-order valence-electron chi connectivity index (χ3n) is 2.03. The summed E-state index contributed by atoms with van der Waals surface area (Å²) < 4.78 is 12.8. The summed E-state index contributed by atoms with van der Waals surface area (Å²) in [5.74, 6) is 2.51. The lowest BCUT2D eigenvalue weighted by molar-refractivity contribution is 0.339. The van der Waals surface area contributed by atoms with Gasteiger partial charge in [-0.25, -0.2) is 4.67 Å². The molecule has 62 valence electrons. The Morgan fingerprint density at radius 1 is 1.82 bits per heavy atom. The molecule has 0 aliphatic carbocycles. The molecule has 1 aliphatic rings. The van der Waals surface area contributed by atoms with Gasteiger partial charge in [-0.2, -0.15) is 0 Å². The maximum Gasteiger partial charge on any atom is 0.270 e. The molecule has 4 heteroatoms. The second-order valence-electron chi connectivity index (χ2n) is 2.88. The molecule has 0 bridgehead atoms. The molecule has 2 unspecified atom stereocenters. The van der Waals surface area contributed by atoms with Gasteiger partial charge in [0, 0.05) is 12.5 Å². The van der Waals surface area contributed by atoms with E-state index in [0.717, 1.165) is 6.42 Å². The van der Waals surface area contributed by atoms with Gasteiger partial charge in [-0.15, -0.1) is 12.3 Å². The number of terminal acetylenes is 1. The highest BCUT2D eigenvalue weighted by Crippen LogP contribution is 2.49. The SMILES string of the molecule is C#CC1CCN(C)P(=O)(O)C1. The molecule has 0 saturated carbocycles. The molecule has 1 rings (SSSR count). The summed E-state index contributed by atoms with van der Waals surface area (Å²) in [5, 5.41) is 0. The Bertz CT molecular complexity index is 233. The zero-order chi connectivity index (χ0) is 8.48. The maximum absolute atomic E-state index is 11.3. The standard InChI is InChI=1S/C7H12NO2P/c1-3-7-4-5-8(2)11(9,10)6-7/h1,7H,4-6H2,2H3,(H,9,10). The molecule has 1 saturated heterocycles. The number of rotatable bonds is 0. The van der Waals surface area contributed by atoms with Crippen LogP contribution in [0.4, 0.5) is 0 Å². The van der Waals surface area contributed by atoms with E-state index in [1.807, 2.05) is 0 Å². The van der Waals surface area contributed by atoms with E-state index in [0.29, 0.717) is 6.54 Å². The van der Waals surface area contributed by atoms with Crippen LogP contribution in [0.1, 0.15) is 6.42 Å². The molecule has 1 heterocycles. The summed E-state index contributed by atoms with van der Waals surface area (Å²) in [4.78, 5) is 9.33. The van der Waals surface area contributed by atoms with Crippen LogP contribution in [0.15, 0.2) is 0 Å². The Hall–Kier alpha value is -0.290. The van der Waals surface area contributed by atoms with Gasteiger partial charge in [-0.05, 0) is 13.5 Å². The van der Waals surface area contributed by atoms with Gasteiger partial charge in [0.05, 0.1) is 6.16 Å². The summed E-state index contributed by atoms with van der Waals surface area (Å²) in [7, 11) is -1.40. The van der Waals surface area contributed by atoms with Gasteiger partial charge < -0.3 is 4.89 Å². The summed E-state index contributed by atoms with van der Waals surface area (Å²) in [6.07, 6.45) is 6.25. The highest BCUT2D eigenvalue weighted by atomic mass is 31.2. The second kappa shape index (κ2) is 2.98. The van der Waals surface area contributed by atoms with Crippen molar-refractivity contribution < 1.29 is 9.46 Å². The predicted molar refractivity (Wildman–Crippen MR) is 44.3 cm³/mol. The summed E-state index contributed by atoms with van der Waals surface area (Å²) in [6.45, 7) is 0.628. The van der Waals surface area contributed by atoms with Crippen LogP contribution in [0.5, 0.6) is 0 Å². The fourth-order valence-electron chi connectivity index (χ4n) is 1.15. The monoisotopic (exact) mass is 173 g/mol. The number of hydrogen-bond acceptors (Lipinski definition) is 1. The van der Waals surface area contributed by atoms with Gasteiger partial charge >= 0.3 is 0 Å². The van der Waals surface area contributed by atoms with Gasteiger partial charge in [0.25, 0.3) is 7.52 Å². The highest BCUT2D eigenvalue weighted by molar-refractivity contribution is 7.55. The zero-order valence-electron chi connectivity index (χ0n) is 6.53. The van der Waals surface area contributed by atoms with Crippen molar-refractivity contribution in [2.45, 2.75) is 6.42 Å². The topological polar surface area (TPSA) is 40.5 Å². The van der Waals surface area contributed by atoms with E-state index in [9.17, 15) is 9.46 Å². The quantitative estimate of drug-likeness (QED) is 0.434. The summed E-state index contributed by atoms with van der Waals surface area (Å²) in [6, 6.07) is 0. The molecule has 3 nitrogen and oxygen atoms in total. The lowest BCUT2D eigenvalue weighted by Crippen LogP contribution is -2.28. The van der Waals surface area contributed by atoms with Crippen molar-refractivity contribution in [2.24, 2.45) is 5.92 Å². The highest BCUT2D eigenvalue weighted by Gasteiger charge is 2.32. The Morgan fingerprint density at radius 2 is 2.45 bits per heavy atom. The summed E-state index contributed by atoms with van der Waals surface area (Å²) in [5.41, 5.74) is 0. The fraction of sp³-hybridized carbons (Fsp3) is 0.714. The van der Waals surface area contributed by atoms with Crippen molar-refractivity contribution in [1.82, 2.24) is 4.67 Å². The van der Waals surface area contributed by atoms with Gasteiger partial charge in [0.2, 0.25) is 0 Å². The first kappa shape index (κ1) is 8.80. The van der Waals surface area contributed by atoms with Crippen LogP contribution in [0.25, 0.3) is 0 Å². The fourth-order valence-corrected chi connectivity index (χ4v) is 2.72. The van der Waals surface area contributed by atoms with E-state index in [2.05, 4.69) is 5.92 Å². The van der Waals surface area contributed by atoms with E-state index < -0.39 is 7.52 Å². The summed E-state index contributed by atoms with van der Waals surface area (Å²) >= 11 is 0. The molecule has 11 heavy (non-hydrogen) atoms. The average molecular weight is 173 g/mol. The second-order valence-corrected chi connectivity index (χ2v) is 5.26. The lowest BCUT2D eigenvalue weighted by atomic mass is 10.1. The minimum absolute atomic E-state index is 0.0120. The van der Waals surface area contributed by atoms with E-state index in [-0.39, 0.29) is 12.1 Å². The smallest absolute Gasteiger partial charge is 0.270 e. The maximum atomic E-state index is 11.3. The predicted octanol–water partition coefficient (Wildman–Crippen LogP) is 0.757. The Labute approximate surface area is 66.9 Å². The van der Waals surface area contributed by atoms with Crippen LogP contribution in [0.2, 0.25) is 0 Å². The van der Waals surface area contributed by atoms with Crippen molar-refractivity contribution in [3.8, 4) is 12.3 Å². The van der Waals surface area contributed by atoms with Crippen LogP contribution < -0.4 is 0 Å². The largest absolute Gasteiger partial charge is 0.333 e. The first-order chi connectivity index (χ1) is 5.06. The Balaban J connectivity index is 2.69. The van der Waals surface area contributed by atoms with Crippen LogP contribution >= 0.6 is 7.52 Å². The van der Waals surface area contributed by atoms with E-state index in [4.69, 9.17) is 6.42 Å². The number of nitrogens with zero attached hydrogens (tertiary/aromatic N) is 1. The molecular formula is C7H12NO2P. The Morgan fingerprint density at radius 3 is 2.91 bits per heavy atom. The van der Waals surface area contributed by atoms with Gasteiger partial charge in [-0.1, -0.05) is 0 Å². The van der Waals surface area contributed by atoms with Crippen molar-refractivity contribution in [3.05, 3.63) is 0 Å². The minimum Gasteiger partial charge on any atom is -0.333 e.